The summed E-state index contributed by atoms with van der Waals surface area (Å²) in [5, 5.41) is 12.1. The van der Waals surface area contributed by atoms with Crippen molar-refractivity contribution in [3.05, 3.63) is 60.7 Å². The molecule has 2 heterocycles. The molecular weight excluding hydrogens is 392 g/mol. The molecule has 2 fully saturated rings. The summed E-state index contributed by atoms with van der Waals surface area (Å²) in [7, 11) is -2.59. The molecule has 0 aliphatic carbocycles. The van der Waals surface area contributed by atoms with E-state index < -0.39 is 8.32 Å². The van der Waals surface area contributed by atoms with Gasteiger partial charge in [-0.1, -0.05) is 81.4 Å². The van der Waals surface area contributed by atoms with E-state index in [-0.39, 0.29) is 30.0 Å². The summed E-state index contributed by atoms with van der Waals surface area (Å²) in [6, 6.07) is 21.4. The second-order valence-corrected chi connectivity index (χ2v) is 13.8. The first-order valence-corrected chi connectivity index (χ1v) is 13.0. The molecule has 5 heteroatoms. The van der Waals surface area contributed by atoms with Gasteiger partial charge < -0.3 is 19.0 Å². The molecule has 4 atom stereocenters. The van der Waals surface area contributed by atoms with Gasteiger partial charge in [-0.25, -0.2) is 0 Å². The zero-order valence-electron chi connectivity index (χ0n) is 18.3. The smallest absolute Gasteiger partial charge is 0.261 e. The van der Waals surface area contributed by atoms with Crippen molar-refractivity contribution in [2.75, 3.05) is 19.8 Å². The maximum atomic E-state index is 9.65. The van der Waals surface area contributed by atoms with Gasteiger partial charge >= 0.3 is 0 Å². The fourth-order valence-electron chi connectivity index (χ4n) is 5.37. The second-order valence-electron chi connectivity index (χ2n) is 9.52. The highest BCUT2D eigenvalue weighted by Gasteiger charge is 2.53. The molecule has 2 saturated heterocycles. The lowest BCUT2D eigenvalue weighted by Crippen LogP contribution is -2.67. The standard InChI is InChI=1S/C25H34O4Si/c1-25(2,3)30(19-10-6-4-7-11-19,20-12-8-5-9-13-20)28-18-23-21(14-16-26)22-15-17-27-24(22)29-23/h4-13,21-24,26H,14-18H2,1-3H3/t21-,22+,23+,24-/m0/s1. The normalized spacial score (nSPS) is 26.7. The molecule has 0 aromatic heterocycles. The quantitative estimate of drug-likeness (QED) is 0.690. The van der Waals surface area contributed by atoms with Crippen LogP contribution in [-0.4, -0.2) is 45.6 Å². The van der Waals surface area contributed by atoms with Gasteiger partial charge in [-0.2, -0.15) is 0 Å². The third kappa shape index (κ3) is 3.90. The minimum Gasteiger partial charge on any atom is -0.405 e. The summed E-state index contributed by atoms with van der Waals surface area (Å²) in [6.07, 6.45) is 1.55. The number of aliphatic hydroxyl groups is 1. The number of ether oxygens (including phenoxy) is 2. The van der Waals surface area contributed by atoms with Crippen molar-refractivity contribution >= 4 is 18.7 Å². The number of fused-ring (bicyclic) bond motifs is 1. The Bertz CT molecular complexity index is 765. The Balaban J connectivity index is 1.69. The number of benzene rings is 2. The topological polar surface area (TPSA) is 47.9 Å². The number of aliphatic hydroxyl groups excluding tert-OH is 1. The summed E-state index contributed by atoms with van der Waals surface area (Å²) in [6.45, 7) is 8.31. The Kier molecular flexibility index (Phi) is 6.46. The molecule has 2 aromatic carbocycles. The van der Waals surface area contributed by atoms with Crippen molar-refractivity contribution in [1.82, 2.24) is 0 Å². The molecule has 0 unspecified atom stereocenters. The first-order valence-electron chi connectivity index (χ1n) is 11.1. The van der Waals surface area contributed by atoms with E-state index >= 15 is 0 Å². The number of rotatable bonds is 7. The monoisotopic (exact) mass is 426 g/mol. The maximum Gasteiger partial charge on any atom is 0.261 e. The first-order chi connectivity index (χ1) is 14.5. The van der Waals surface area contributed by atoms with Crippen molar-refractivity contribution in [1.29, 1.82) is 0 Å². The molecule has 0 saturated carbocycles. The van der Waals surface area contributed by atoms with Gasteiger partial charge in [0.15, 0.2) is 6.29 Å². The summed E-state index contributed by atoms with van der Waals surface area (Å²) in [4.78, 5) is 0. The molecule has 0 bridgehead atoms. The molecule has 0 spiro atoms. The highest BCUT2D eigenvalue weighted by atomic mass is 28.4. The molecule has 4 nitrogen and oxygen atoms in total. The Hall–Kier alpha value is -1.50. The van der Waals surface area contributed by atoms with Gasteiger partial charge in [-0.15, -0.1) is 0 Å². The number of hydrogen-bond acceptors (Lipinski definition) is 4. The lowest BCUT2D eigenvalue weighted by atomic mass is 9.86. The van der Waals surface area contributed by atoms with Crippen LogP contribution in [0.25, 0.3) is 0 Å². The largest absolute Gasteiger partial charge is 0.405 e. The van der Waals surface area contributed by atoms with Gasteiger partial charge in [0.05, 0.1) is 19.3 Å². The minimum absolute atomic E-state index is 0.0471. The third-order valence-corrected chi connectivity index (χ3v) is 11.8. The zero-order valence-corrected chi connectivity index (χ0v) is 19.3. The predicted octanol–water partition coefficient (Wildman–Crippen LogP) is 3.32. The molecule has 1 N–H and O–H groups in total. The van der Waals surface area contributed by atoms with Crippen LogP contribution >= 0.6 is 0 Å². The molecule has 2 aromatic rings. The van der Waals surface area contributed by atoms with Crippen molar-refractivity contribution in [2.24, 2.45) is 11.8 Å². The highest BCUT2D eigenvalue weighted by molar-refractivity contribution is 6.99. The van der Waals surface area contributed by atoms with E-state index in [9.17, 15) is 5.11 Å². The van der Waals surface area contributed by atoms with E-state index in [0.29, 0.717) is 12.5 Å². The molecule has 4 rings (SSSR count). The van der Waals surface area contributed by atoms with E-state index in [1.54, 1.807) is 0 Å². The molecular formula is C25H34O4Si. The van der Waals surface area contributed by atoms with Gasteiger partial charge in [0.1, 0.15) is 0 Å². The van der Waals surface area contributed by atoms with Crippen LogP contribution in [0.1, 0.15) is 33.6 Å². The van der Waals surface area contributed by atoms with Crippen molar-refractivity contribution < 1.29 is 19.0 Å². The van der Waals surface area contributed by atoms with Crippen LogP contribution in [0.2, 0.25) is 5.04 Å². The average Bonchev–Trinajstić information content (AvgIpc) is 3.32. The van der Waals surface area contributed by atoms with Crippen LogP contribution < -0.4 is 10.4 Å². The highest BCUT2D eigenvalue weighted by Crippen LogP contribution is 2.43. The molecule has 0 radical (unpaired) electrons. The van der Waals surface area contributed by atoms with E-state index in [1.807, 2.05) is 0 Å². The number of hydrogen-bond donors (Lipinski definition) is 1. The first kappa shape index (κ1) is 21.7. The lowest BCUT2D eigenvalue weighted by Gasteiger charge is -2.43. The van der Waals surface area contributed by atoms with Gasteiger partial charge in [-0.05, 0) is 34.2 Å². The molecule has 30 heavy (non-hydrogen) atoms. The summed E-state index contributed by atoms with van der Waals surface area (Å²) < 4.78 is 19.2. The van der Waals surface area contributed by atoms with Crippen molar-refractivity contribution in [2.45, 2.75) is 51.0 Å². The summed E-state index contributed by atoms with van der Waals surface area (Å²) >= 11 is 0. The Labute approximate surface area is 181 Å². The molecule has 0 amide bonds. The zero-order chi connectivity index (χ0) is 21.2. The van der Waals surface area contributed by atoms with E-state index in [4.69, 9.17) is 13.9 Å². The van der Waals surface area contributed by atoms with E-state index in [0.717, 1.165) is 19.4 Å². The Morgan fingerprint density at radius 1 is 1.00 bits per heavy atom. The Morgan fingerprint density at radius 3 is 2.13 bits per heavy atom. The Morgan fingerprint density at radius 2 is 1.60 bits per heavy atom. The van der Waals surface area contributed by atoms with Crippen LogP contribution in [0.4, 0.5) is 0 Å². The van der Waals surface area contributed by atoms with Gasteiger partial charge in [0.2, 0.25) is 0 Å². The van der Waals surface area contributed by atoms with Crippen LogP contribution in [0.5, 0.6) is 0 Å². The van der Waals surface area contributed by atoms with E-state index in [2.05, 4.69) is 81.4 Å². The lowest BCUT2D eigenvalue weighted by molar-refractivity contribution is -0.125. The van der Waals surface area contributed by atoms with Crippen LogP contribution in [0.3, 0.4) is 0 Å². The van der Waals surface area contributed by atoms with Crippen molar-refractivity contribution in [3.8, 4) is 0 Å². The van der Waals surface area contributed by atoms with Gasteiger partial charge in [-0.3, -0.25) is 0 Å². The van der Waals surface area contributed by atoms with Crippen LogP contribution in [0.15, 0.2) is 60.7 Å². The molecule has 2 aliphatic heterocycles. The maximum absolute atomic E-state index is 9.65. The van der Waals surface area contributed by atoms with Crippen LogP contribution in [0, 0.1) is 11.8 Å². The SMILES string of the molecule is CC(C)(C)[Si](OC[C@H]1O[C@@H]2OCC[C@@H]2[C@@H]1CCO)(c1ccccc1)c1ccccc1. The van der Waals surface area contributed by atoms with Crippen molar-refractivity contribution in [3.63, 3.8) is 0 Å². The fourth-order valence-corrected chi connectivity index (χ4v) is 9.94. The molecule has 162 valence electrons. The minimum atomic E-state index is -2.59. The van der Waals surface area contributed by atoms with Crippen LogP contribution in [-0.2, 0) is 13.9 Å². The molecule has 2 aliphatic rings. The average molecular weight is 427 g/mol. The van der Waals surface area contributed by atoms with Gasteiger partial charge in [0, 0.05) is 12.5 Å². The van der Waals surface area contributed by atoms with E-state index in [1.165, 1.54) is 10.4 Å². The predicted molar refractivity (Wildman–Crippen MR) is 121 cm³/mol. The van der Waals surface area contributed by atoms with Gasteiger partial charge in [0.25, 0.3) is 8.32 Å². The summed E-state index contributed by atoms with van der Waals surface area (Å²) in [5.41, 5.74) is 0. The summed E-state index contributed by atoms with van der Waals surface area (Å²) in [5.74, 6) is 0.644. The fraction of sp³-hybridized carbons (Fsp3) is 0.520. The second kappa shape index (κ2) is 8.93. The third-order valence-electron chi connectivity index (χ3n) is 6.76.